The molecule has 0 aliphatic rings. The second kappa shape index (κ2) is 22.4. The number of aliphatic hydroxyl groups is 1. The van der Waals surface area contributed by atoms with E-state index in [0.717, 1.165) is 6.42 Å². The van der Waals surface area contributed by atoms with E-state index in [1.165, 1.54) is 12.8 Å². The molecule has 0 aliphatic heterocycles. The van der Waals surface area contributed by atoms with Crippen molar-refractivity contribution in [1.29, 1.82) is 0 Å². The van der Waals surface area contributed by atoms with Gasteiger partial charge in [0.15, 0.2) is 0 Å². The van der Waals surface area contributed by atoms with Crippen LogP contribution >= 0.6 is 0 Å². The van der Waals surface area contributed by atoms with Gasteiger partial charge in [-0.1, -0.05) is 20.3 Å². The molecular formula is C8H29NO3. The lowest BCUT2D eigenvalue weighted by Crippen LogP contribution is -2.17. The maximum Gasteiger partial charge on any atom is 0.0402 e. The fraction of sp³-hybridized carbons (Fsp3) is 1.00. The Morgan fingerprint density at radius 1 is 1.25 bits per heavy atom. The van der Waals surface area contributed by atoms with Gasteiger partial charge in [-0.3, -0.25) is 0 Å². The summed E-state index contributed by atoms with van der Waals surface area (Å²) in [5.74, 6) is 0. The minimum absolute atomic E-state index is 0. The predicted octanol–water partition coefficient (Wildman–Crippen LogP) is 0.365. The number of hydrogen-bond donors (Lipinski definition) is 2. The van der Waals surface area contributed by atoms with Crippen LogP contribution in [0.3, 0.4) is 0 Å². The molecule has 1 atom stereocenters. The van der Waals surface area contributed by atoms with Gasteiger partial charge in [0.05, 0.1) is 0 Å². The van der Waals surface area contributed by atoms with Crippen molar-refractivity contribution in [1.82, 2.24) is 0 Å². The van der Waals surface area contributed by atoms with Crippen LogP contribution in [0.2, 0.25) is 0 Å². The lowest BCUT2D eigenvalue weighted by atomic mass is 10.1. The number of nitrogens with two attached hydrogens (primary N) is 1. The Bertz CT molecular complexity index is 61.9. The van der Waals surface area contributed by atoms with E-state index in [0.29, 0.717) is 6.04 Å². The highest BCUT2D eigenvalue weighted by Crippen LogP contribution is 1.95. The number of rotatable bonds is 3. The Morgan fingerprint density at radius 2 is 1.58 bits per heavy atom. The highest BCUT2D eigenvalue weighted by molar-refractivity contribution is 4.54. The SMILES string of the molecule is CCCC(N)CC.CCO.O.O.[HH].[HH]. The van der Waals surface area contributed by atoms with E-state index in [9.17, 15) is 0 Å². The molecule has 0 saturated carbocycles. The number of hydrogen-bond acceptors (Lipinski definition) is 2. The van der Waals surface area contributed by atoms with Gasteiger partial charge in [-0.2, -0.15) is 0 Å². The Hall–Kier alpha value is -0.160. The van der Waals surface area contributed by atoms with Crippen molar-refractivity contribution in [3.63, 3.8) is 0 Å². The van der Waals surface area contributed by atoms with Gasteiger partial charge in [-0.15, -0.1) is 0 Å². The molecule has 4 heteroatoms. The zero-order valence-electron chi connectivity index (χ0n) is 8.43. The van der Waals surface area contributed by atoms with Crippen LogP contribution < -0.4 is 5.73 Å². The van der Waals surface area contributed by atoms with E-state index in [-0.39, 0.29) is 20.4 Å². The van der Waals surface area contributed by atoms with Crippen LogP contribution in [0.4, 0.5) is 0 Å². The highest BCUT2D eigenvalue weighted by atomic mass is 16.2. The molecule has 0 fully saturated rings. The minimum atomic E-state index is 0. The van der Waals surface area contributed by atoms with Gasteiger partial charge < -0.3 is 21.8 Å². The first-order valence-electron chi connectivity index (χ1n) is 4.09. The summed E-state index contributed by atoms with van der Waals surface area (Å²) in [6.07, 6.45) is 3.51. The molecule has 0 amide bonds. The summed E-state index contributed by atoms with van der Waals surface area (Å²) in [4.78, 5) is 0. The summed E-state index contributed by atoms with van der Waals surface area (Å²) < 4.78 is 0. The Morgan fingerprint density at radius 3 is 1.67 bits per heavy atom. The van der Waals surface area contributed by atoms with Crippen LogP contribution in [0.5, 0.6) is 0 Å². The molecule has 0 heterocycles. The van der Waals surface area contributed by atoms with Crippen LogP contribution in [0.25, 0.3) is 0 Å². The molecule has 0 aromatic heterocycles. The van der Waals surface area contributed by atoms with Gasteiger partial charge in [0.2, 0.25) is 0 Å². The maximum absolute atomic E-state index is 7.57. The molecule has 0 spiro atoms. The summed E-state index contributed by atoms with van der Waals surface area (Å²) in [6, 6.07) is 0.449. The molecule has 0 saturated heterocycles. The first kappa shape index (κ1) is 22.6. The summed E-state index contributed by atoms with van der Waals surface area (Å²) in [5, 5.41) is 7.57. The highest BCUT2D eigenvalue weighted by Gasteiger charge is 1.92. The quantitative estimate of drug-likeness (QED) is 0.665. The molecule has 4 nitrogen and oxygen atoms in total. The van der Waals surface area contributed by atoms with Gasteiger partial charge in [0, 0.05) is 15.5 Å². The second-order valence-electron chi connectivity index (χ2n) is 2.27. The summed E-state index contributed by atoms with van der Waals surface area (Å²) in [7, 11) is 0. The average molecular weight is 187 g/mol. The van der Waals surface area contributed by atoms with Crippen LogP contribution in [-0.4, -0.2) is 28.7 Å². The lowest BCUT2D eigenvalue weighted by Gasteiger charge is -2.03. The van der Waals surface area contributed by atoms with Crippen molar-refractivity contribution in [2.45, 2.75) is 46.1 Å². The fourth-order valence-electron chi connectivity index (χ4n) is 0.575. The summed E-state index contributed by atoms with van der Waals surface area (Å²) >= 11 is 0. The smallest absolute Gasteiger partial charge is 0.0402 e. The molecule has 7 N–H and O–H groups in total. The summed E-state index contributed by atoms with van der Waals surface area (Å²) in [6.45, 7) is 6.22. The third-order valence-electron chi connectivity index (χ3n) is 1.18. The standard InChI is InChI=1S/C6H15N.C2H6O.2H2O.2H2/c1-3-5-6(7)4-2;1-2-3;;;;/h6H,3-5,7H2,1-2H3;3H,2H2,1H3;2*1H2;2*1H. The van der Waals surface area contributed by atoms with Crippen molar-refractivity contribution in [3.8, 4) is 0 Å². The normalized spacial score (nSPS) is 9.75. The molecule has 0 bridgehead atoms. The molecule has 0 radical (unpaired) electrons. The zero-order valence-corrected chi connectivity index (χ0v) is 8.43. The minimum Gasteiger partial charge on any atom is -0.412 e. The van der Waals surface area contributed by atoms with Crippen LogP contribution in [0, 0.1) is 0 Å². The van der Waals surface area contributed by atoms with Crippen molar-refractivity contribution in [2.75, 3.05) is 6.61 Å². The monoisotopic (exact) mass is 187 g/mol. The van der Waals surface area contributed by atoms with Crippen molar-refractivity contribution in [2.24, 2.45) is 5.73 Å². The third-order valence-corrected chi connectivity index (χ3v) is 1.18. The Kier molecular flexibility index (Phi) is 42.3. The van der Waals surface area contributed by atoms with E-state index in [1.807, 2.05) is 0 Å². The van der Waals surface area contributed by atoms with Crippen molar-refractivity contribution in [3.05, 3.63) is 0 Å². The molecule has 1 unspecified atom stereocenters. The first-order valence-corrected chi connectivity index (χ1v) is 4.09. The average Bonchev–Trinajstić information content (AvgIpc) is 1.90. The first-order chi connectivity index (χ1) is 4.72. The Labute approximate surface area is 78.4 Å². The second-order valence-corrected chi connectivity index (χ2v) is 2.27. The third kappa shape index (κ3) is 32.8. The van der Waals surface area contributed by atoms with Crippen LogP contribution in [0.1, 0.15) is 42.9 Å². The van der Waals surface area contributed by atoms with E-state index in [4.69, 9.17) is 10.8 Å². The van der Waals surface area contributed by atoms with E-state index < -0.39 is 0 Å². The maximum atomic E-state index is 7.57. The van der Waals surface area contributed by atoms with E-state index in [2.05, 4.69) is 13.8 Å². The largest absolute Gasteiger partial charge is 0.412 e. The molecule has 12 heavy (non-hydrogen) atoms. The summed E-state index contributed by atoms with van der Waals surface area (Å²) in [5.41, 5.74) is 5.58. The molecule has 0 aliphatic carbocycles. The lowest BCUT2D eigenvalue weighted by molar-refractivity contribution is 0.318. The van der Waals surface area contributed by atoms with Crippen molar-refractivity contribution < 1.29 is 18.9 Å². The molecule has 0 aromatic carbocycles. The molecular weight excluding hydrogens is 158 g/mol. The van der Waals surface area contributed by atoms with Crippen LogP contribution in [0.15, 0.2) is 0 Å². The van der Waals surface area contributed by atoms with Gasteiger partial charge in [0.25, 0.3) is 0 Å². The molecule has 0 rings (SSSR count). The van der Waals surface area contributed by atoms with Crippen molar-refractivity contribution >= 4 is 0 Å². The molecule has 84 valence electrons. The number of aliphatic hydroxyl groups excluding tert-OH is 1. The molecule has 0 aromatic rings. The van der Waals surface area contributed by atoms with Gasteiger partial charge >= 0.3 is 0 Å². The Balaban J connectivity index is -0.0000000208. The van der Waals surface area contributed by atoms with Gasteiger partial charge in [0.1, 0.15) is 0 Å². The van der Waals surface area contributed by atoms with E-state index in [1.54, 1.807) is 6.92 Å². The van der Waals surface area contributed by atoms with E-state index >= 15 is 0 Å². The predicted molar refractivity (Wildman–Crippen MR) is 57.4 cm³/mol. The van der Waals surface area contributed by atoms with Gasteiger partial charge in [-0.25, -0.2) is 0 Å². The van der Waals surface area contributed by atoms with Crippen LogP contribution in [-0.2, 0) is 0 Å². The topological polar surface area (TPSA) is 109 Å². The zero-order chi connectivity index (χ0) is 8.41. The fourth-order valence-corrected chi connectivity index (χ4v) is 0.575. The van der Waals surface area contributed by atoms with Gasteiger partial charge in [-0.05, 0) is 19.8 Å².